The minimum absolute atomic E-state index is 0.0364. The van der Waals surface area contributed by atoms with E-state index in [1.54, 1.807) is 24.3 Å². The summed E-state index contributed by atoms with van der Waals surface area (Å²) in [4.78, 5) is 29.8. The Bertz CT molecular complexity index is 1130. The molecule has 0 bridgehead atoms. The van der Waals surface area contributed by atoms with E-state index >= 15 is 0 Å². The van der Waals surface area contributed by atoms with Crippen LogP contribution in [0.3, 0.4) is 0 Å². The third kappa shape index (κ3) is 3.67. The number of ketones is 1. The standard InChI is InChI=1S/C23H26N4O2/c1-13-20-18(22(29)24-17-8-6-7-16(11-17)14(2)28)12-19(15-9-10-15)25-21(20)27(26-13)23(3,4)5/h6-8,11-12,15H,9-10H2,1-5H3,(H,24,29). The Morgan fingerprint density at radius 1 is 1.17 bits per heavy atom. The lowest BCUT2D eigenvalue weighted by molar-refractivity contribution is 0.101. The molecule has 0 aliphatic heterocycles. The molecule has 1 amide bonds. The molecule has 6 heteroatoms. The number of hydrogen-bond acceptors (Lipinski definition) is 4. The molecule has 0 spiro atoms. The molecule has 0 radical (unpaired) electrons. The largest absolute Gasteiger partial charge is 0.322 e. The van der Waals surface area contributed by atoms with Crippen LogP contribution in [0.4, 0.5) is 5.69 Å². The molecule has 1 aromatic carbocycles. The van der Waals surface area contributed by atoms with Crippen LogP contribution in [0.2, 0.25) is 0 Å². The Labute approximate surface area is 170 Å². The highest BCUT2D eigenvalue weighted by molar-refractivity contribution is 6.13. The number of fused-ring (bicyclic) bond motifs is 1. The second-order valence-corrected chi connectivity index (χ2v) is 8.83. The molecule has 4 rings (SSSR count). The molecule has 2 aromatic heterocycles. The van der Waals surface area contributed by atoms with Crippen LogP contribution in [-0.2, 0) is 5.54 Å². The molecule has 2 heterocycles. The number of aryl methyl sites for hydroxylation is 1. The molecule has 1 aliphatic carbocycles. The quantitative estimate of drug-likeness (QED) is 0.648. The van der Waals surface area contributed by atoms with Crippen molar-refractivity contribution in [2.24, 2.45) is 0 Å². The number of benzene rings is 1. The van der Waals surface area contributed by atoms with Crippen LogP contribution < -0.4 is 5.32 Å². The summed E-state index contributed by atoms with van der Waals surface area (Å²) in [6.45, 7) is 9.67. The maximum Gasteiger partial charge on any atom is 0.256 e. The lowest BCUT2D eigenvalue weighted by Crippen LogP contribution is -2.23. The fourth-order valence-electron chi connectivity index (χ4n) is 3.56. The average molecular weight is 390 g/mol. The fourth-order valence-corrected chi connectivity index (χ4v) is 3.56. The highest BCUT2D eigenvalue weighted by atomic mass is 16.1. The third-order valence-corrected chi connectivity index (χ3v) is 5.24. The van der Waals surface area contributed by atoms with E-state index in [4.69, 9.17) is 10.1 Å². The van der Waals surface area contributed by atoms with Gasteiger partial charge in [0.2, 0.25) is 0 Å². The molecule has 1 aliphatic rings. The minimum atomic E-state index is -0.245. The molecule has 0 unspecified atom stereocenters. The first-order valence-electron chi connectivity index (χ1n) is 9.98. The van der Waals surface area contributed by atoms with E-state index in [9.17, 15) is 9.59 Å². The van der Waals surface area contributed by atoms with Gasteiger partial charge in [0.25, 0.3) is 5.91 Å². The number of anilines is 1. The monoisotopic (exact) mass is 390 g/mol. The number of amides is 1. The smallest absolute Gasteiger partial charge is 0.256 e. The van der Waals surface area contributed by atoms with Crippen molar-refractivity contribution in [2.75, 3.05) is 5.32 Å². The van der Waals surface area contributed by atoms with Crippen molar-refractivity contribution < 1.29 is 9.59 Å². The Balaban J connectivity index is 1.82. The van der Waals surface area contributed by atoms with Crippen LogP contribution in [0, 0.1) is 6.92 Å². The van der Waals surface area contributed by atoms with Crippen molar-refractivity contribution in [3.8, 4) is 0 Å². The fraction of sp³-hybridized carbons (Fsp3) is 0.391. The molecule has 3 aromatic rings. The number of nitrogens with zero attached hydrogens (tertiary/aromatic N) is 3. The summed E-state index contributed by atoms with van der Waals surface area (Å²) in [5, 5.41) is 8.43. The van der Waals surface area contributed by atoms with Gasteiger partial charge in [-0.2, -0.15) is 5.10 Å². The first kappa shape index (κ1) is 19.3. The van der Waals surface area contributed by atoms with E-state index in [1.807, 2.05) is 17.7 Å². The molecule has 1 fully saturated rings. The van der Waals surface area contributed by atoms with Gasteiger partial charge in [-0.25, -0.2) is 9.67 Å². The number of Topliss-reactive ketones (excluding diaryl/α,β-unsaturated/α-hetero) is 1. The van der Waals surface area contributed by atoms with Gasteiger partial charge in [0, 0.05) is 22.9 Å². The zero-order valence-corrected chi connectivity index (χ0v) is 17.5. The van der Waals surface area contributed by atoms with Gasteiger partial charge < -0.3 is 5.32 Å². The van der Waals surface area contributed by atoms with Gasteiger partial charge in [-0.05, 0) is 65.7 Å². The van der Waals surface area contributed by atoms with E-state index in [-0.39, 0.29) is 17.2 Å². The molecule has 29 heavy (non-hydrogen) atoms. The molecule has 1 saturated carbocycles. The number of pyridine rings is 1. The average Bonchev–Trinajstić information content (AvgIpc) is 3.44. The van der Waals surface area contributed by atoms with Crippen molar-refractivity contribution in [3.63, 3.8) is 0 Å². The molecule has 6 nitrogen and oxygen atoms in total. The van der Waals surface area contributed by atoms with E-state index in [0.717, 1.165) is 35.3 Å². The van der Waals surface area contributed by atoms with Crippen molar-refractivity contribution in [1.29, 1.82) is 0 Å². The molecule has 1 N–H and O–H groups in total. The molecule has 0 atom stereocenters. The summed E-state index contributed by atoms with van der Waals surface area (Å²) in [7, 11) is 0. The Morgan fingerprint density at radius 2 is 1.90 bits per heavy atom. The predicted octanol–water partition coefficient (Wildman–Crippen LogP) is 4.83. The van der Waals surface area contributed by atoms with E-state index < -0.39 is 0 Å². The summed E-state index contributed by atoms with van der Waals surface area (Å²) < 4.78 is 1.91. The topological polar surface area (TPSA) is 76.9 Å². The Morgan fingerprint density at radius 3 is 2.52 bits per heavy atom. The lowest BCUT2D eigenvalue weighted by Gasteiger charge is -2.20. The van der Waals surface area contributed by atoms with Gasteiger partial charge in [-0.1, -0.05) is 12.1 Å². The number of carbonyl (C=O) groups is 2. The predicted molar refractivity (Wildman–Crippen MR) is 114 cm³/mol. The van der Waals surface area contributed by atoms with Gasteiger partial charge in [0.1, 0.15) is 0 Å². The number of aromatic nitrogens is 3. The lowest BCUT2D eigenvalue weighted by atomic mass is 10.1. The number of carbonyl (C=O) groups excluding carboxylic acids is 2. The summed E-state index contributed by atoms with van der Waals surface area (Å²) in [6, 6.07) is 8.91. The van der Waals surface area contributed by atoms with Crippen LogP contribution in [-0.4, -0.2) is 26.5 Å². The Hall–Kier alpha value is -3.02. The summed E-state index contributed by atoms with van der Waals surface area (Å²) >= 11 is 0. The first-order valence-corrected chi connectivity index (χ1v) is 9.98. The van der Waals surface area contributed by atoms with Gasteiger partial charge >= 0.3 is 0 Å². The van der Waals surface area contributed by atoms with Crippen LogP contribution >= 0.6 is 0 Å². The molecular weight excluding hydrogens is 364 g/mol. The maximum atomic E-state index is 13.3. The van der Waals surface area contributed by atoms with Crippen LogP contribution in [0.15, 0.2) is 30.3 Å². The molecule has 0 saturated heterocycles. The maximum absolute atomic E-state index is 13.3. The van der Waals surface area contributed by atoms with Gasteiger partial charge in [0.05, 0.1) is 22.2 Å². The summed E-state index contributed by atoms with van der Waals surface area (Å²) in [5.74, 6) is 0.165. The number of nitrogens with one attached hydrogen (secondary N) is 1. The van der Waals surface area contributed by atoms with E-state index in [1.165, 1.54) is 6.92 Å². The van der Waals surface area contributed by atoms with Crippen LogP contribution in [0.5, 0.6) is 0 Å². The van der Waals surface area contributed by atoms with Crippen molar-refractivity contribution in [1.82, 2.24) is 14.8 Å². The van der Waals surface area contributed by atoms with Crippen molar-refractivity contribution in [3.05, 3.63) is 52.8 Å². The third-order valence-electron chi connectivity index (χ3n) is 5.24. The molecule has 150 valence electrons. The van der Waals surface area contributed by atoms with Crippen LogP contribution in [0.1, 0.15) is 78.6 Å². The van der Waals surface area contributed by atoms with Gasteiger partial charge in [0.15, 0.2) is 11.4 Å². The Kier molecular flexibility index (Phi) is 4.52. The summed E-state index contributed by atoms with van der Waals surface area (Å²) in [5.41, 5.74) is 3.99. The van der Waals surface area contributed by atoms with E-state index in [0.29, 0.717) is 22.7 Å². The minimum Gasteiger partial charge on any atom is -0.322 e. The highest BCUT2D eigenvalue weighted by Gasteiger charge is 2.30. The zero-order valence-electron chi connectivity index (χ0n) is 17.5. The van der Waals surface area contributed by atoms with Gasteiger partial charge in [-0.3, -0.25) is 9.59 Å². The van der Waals surface area contributed by atoms with Gasteiger partial charge in [-0.15, -0.1) is 0 Å². The van der Waals surface area contributed by atoms with E-state index in [2.05, 4.69) is 26.1 Å². The number of hydrogen-bond donors (Lipinski definition) is 1. The zero-order chi connectivity index (χ0) is 20.9. The molecular formula is C23H26N4O2. The van der Waals surface area contributed by atoms with Crippen LogP contribution in [0.25, 0.3) is 11.0 Å². The SMILES string of the molecule is CC(=O)c1cccc(NC(=O)c2cc(C3CC3)nc3c2c(C)nn3C(C)(C)C)c1. The second kappa shape index (κ2) is 6.79. The second-order valence-electron chi connectivity index (χ2n) is 8.83. The highest BCUT2D eigenvalue weighted by Crippen LogP contribution is 2.41. The first-order chi connectivity index (χ1) is 13.6. The number of rotatable bonds is 4. The normalized spacial score (nSPS) is 14.2. The van der Waals surface area contributed by atoms with Crippen molar-refractivity contribution >= 4 is 28.4 Å². The summed E-state index contributed by atoms with van der Waals surface area (Å²) in [6.07, 6.45) is 2.20. The van der Waals surface area contributed by atoms with Crippen molar-refractivity contribution in [2.45, 2.75) is 58.9 Å².